The molecule has 0 radical (unpaired) electrons. The van der Waals surface area contributed by atoms with Crippen molar-refractivity contribution in [2.45, 2.75) is 37.6 Å². The molecular formula is C8H18O2Si. The van der Waals surface area contributed by atoms with Gasteiger partial charge in [0.25, 0.3) is 0 Å². The Morgan fingerprint density at radius 2 is 2.00 bits per heavy atom. The van der Waals surface area contributed by atoms with Crippen molar-refractivity contribution in [1.29, 1.82) is 0 Å². The molecular weight excluding hydrogens is 156 g/mol. The zero-order valence-corrected chi connectivity index (χ0v) is 8.72. The highest BCUT2D eigenvalue weighted by atomic mass is 28.4. The van der Waals surface area contributed by atoms with Gasteiger partial charge in [0.1, 0.15) is 0 Å². The molecule has 0 aromatic carbocycles. The molecule has 0 saturated carbocycles. The highest BCUT2D eigenvalue weighted by Gasteiger charge is 2.39. The van der Waals surface area contributed by atoms with Crippen molar-refractivity contribution in [2.24, 2.45) is 0 Å². The Kier molecular flexibility index (Phi) is 3.10. The number of rotatable bonds is 2. The van der Waals surface area contributed by atoms with Crippen molar-refractivity contribution in [3.05, 3.63) is 0 Å². The Balaban J connectivity index is 2.57. The fourth-order valence-corrected chi connectivity index (χ4v) is 4.93. The summed E-state index contributed by atoms with van der Waals surface area (Å²) >= 11 is 0. The molecule has 1 aliphatic heterocycles. The van der Waals surface area contributed by atoms with E-state index in [0.29, 0.717) is 5.73 Å². The summed E-state index contributed by atoms with van der Waals surface area (Å²) < 4.78 is 11.0. The average Bonchev–Trinajstić information content (AvgIpc) is 2.05. The van der Waals surface area contributed by atoms with Gasteiger partial charge in [0.15, 0.2) is 0 Å². The minimum atomic E-state index is -1.46. The molecule has 2 nitrogen and oxygen atoms in total. The number of hydrogen-bond acceptors (Lipinski definition) is 2. The second kappa shape index (κ2) is 3.69. The minimum absolute atomic E-state index is 0.432. The lowest BCUT2D eigenvalue weighted by atomic mass is 10.2. The van der Waals surface area contributed by atoms with E-state index in [0.717, 1.165) is 0 Å². The standard InChI is InChI=1S/C8H18O2Si/c1-9-8-6-4-5-7-11(8,3)10-2/h8H,4-7H2,1-3H3. The lowest BCUT2D eigenvalue weighted by molar-refractivity contribution is 0.120. The molecule has 0 N–H and O–H groups in total. The lowest BCUT2D eigenvalue weighted by Gasteiger charge is -2.36. The van der Waals surface area contributed by atoms with Crippen LogP contribution in [0.15, 0.2) is 0 Å². The van der Waals surface area contributed by atoms with Gasteiger partial charge in [0.05, 0.1) is 5.73 Å². The van der Waals surface area contributed by atoms with Crippen molar-refractivity contribution < 1.29 is 9.16 Å². The van der Waals surface area contributed by atoms with Gasteiger partial charge in [-0.3, -0.25) is 0 Å². The average molecular weight is 174 g/mol. The summed E-state index contributed by atoms with van der Waals surface area (Å²) in [5.74, 6) is 0. The maximum Gasteiger partial charge on any atom is 0.217 e. The van der Waals surface area contributed by atoms with Crippen LogP contribution in [0.3, 0.4) is 0 Å². The number of methoxy groups -OCH3 is 1. The van der Waals surface area contributed by atoms with E-state index in [-0.39, 0.29) is 0 Å². The smallest absolute Gasteiger partial charge is 0.217 e. The van der Waals surface area contributed by atoms with Crippen LogP contribution in [0.2, 0.25) is 12.6 Å². The van der Waals surface area contributed by atoms with E-state index in [1.165, 1.54) is 25.3 Å². The molecule has 0 bridgehead atoms. The van der Waals surface area contributed by atoms with Gasteiger partial charge in [-0.1, -0.05) is 12.8 Å². The molecule has 0 aromatic rings. The van der Waals surface area contributed by atoms with Gasteiger partial charge in [-0.2, -0.15) is 0 Å². The topological polar surface area (TPSA) is 18.5 Å². The molecule has 1 aliphatic rings. The Bertz CT molecular complexity index is 129. The summed E-state index contributed by atoms with van der Waals surface area (Å²) in [4.78, 5) is 0. The van der Waals surface area contributed by atoms with Crippen LogP contribution in [0.5, 0.6) is 0 Å². The van der Waals surface area contributed by atoms with Crippen LogP contribution in [0.1, 0.15) is 19.3 Å². The van der Waals surface area contributed by atoms with E-state index in [9.17, 15) is 0 Å². The third-order valence-corrected chi connectivity index (χ3v) is 6.99. The Labute approximate surface area is 70.0 Å². The van der Waals surface area contributed by atoms with E-state index in [1.807, 2.05) is 7.11 Å². The van der Waals surface area contributed by atoms with Crippen molar-refractivity contribution in [2.75, 3.05) is 14.2 Å². The van der Waals surface area contributed by atoms with Gasteiger partial charge >= 0.3 is 0 Å². The second-order valence-corrected chi connectivity index (χ2v) is 7.66. The van der Waals surface area contributed by atoms with Gasteiger partial charge in [0, 0.05) is 14.2 Å². The van der Waals surface area contributed by atoms with E-state index >= 15 is 0 Å². The van der Waals surface area contributed by atoms with Gasteiger partial charge in [-0.25, -0.2) is 0 Å². The molecule has 1 rings (SSSR count). The predicted octanol–water partition coefficient (Wildman–Crippen LogP) is 1.95. The first-order chi connectivity index (χ1) is 5.23. The van der Waals surface area contributed by atoms with Crippen LogP contribution in [0.25, 0.3) is 0 Å². The van der Waals surface area contributed by atoms with Crippen LogP contribution < -0.4 is 0 Å². The molecule has 1 saturated heterocycles. The van der Waals surface area contributed by atoms with Crippen molar-refractivity contribution in [3.8, 4) is 0 Å². The molecule has 1 heterocycles. The van der Waals surface area contributed by atoms with E-state index in [1.54, 1.807) is 7.11 Å². The minimum Gasteiger partial charge on any atom is -0.418 e. The largest absolute Gasteiger partial charge is 0.418 e. The quantitative estimate of drug-likeness (QED) is 0.596. The maximum atomic E-state index is 5.60. The zero-order valence-electron chi connectivity index (χ0n) is 7.72. The van der Waals surface area contributed by atoms with Gasteiger partial charge in [-0.15, -0.1) is 0 Å². The summed E-state index contributed by atoms with van der Waals surface area (Å²) in [6.07, 6.45) is 3.84. The summed E-state index contributed by atoms with van der Waals surface area (Å²) in [7, 11) is 2.18. The van der Waals surface area contributed by atoms with Crippen LogP contribution in [0.4, 0.5) is 0 Å². The number of hydrogen-bond donors (Lipinski definition) is 0. The van der Waals surface area contributed by atoms with Crippen LogP contribution >= 0.6 is 0 Å². The molecule has 2 atom stereocenters. The SMILES string of the molecule is COC1CCCC[Si]1(C)OC. The molecule has 1 fully saturated rings. The Morgan fingerprint density at radius 1 is 1.27 bits per heavy atom. The number of ether oxygens (including phenoxy) is 1. The summed E-state index contributed by atoms with van der Waals surface area (Å²) in [6.45, 7) is 2.28. The monoisotopic (exact) mass is 174 g/mol. The van der Waals surface area contributed by atoms with E-state index < -0.39 is 8.32 Å². The van der Waals surface area contributed by atoms with Gasteiger partial charge in [-0.05, 0) is 19.0 Å². The summed E-state index contributed by atoms with van der Waals surface area (Å²) in [5.41, 5.74) is 0.432. The Morgan fingerprint density at radius 3 is 2.45 bits per heavy atom. The van der Waals surface area contributed by atoms with Crippen LogP contribution in [0, 0.1) is 0 Å². The summed E-state index contributed by atoms with van der Waals surface area (Å²) in [6, 6.07) is 1.27. The fraction of sp³-hybridized carbons (Fsp3) is 1.00. The molecule has 0 amide bonds. The van der Waals surface area contributed by atoms with Crippen molar-refractivity contribution in [3.63, 3.8) is 0 Å². The molecule has 11 heavy (non-hydrogen) atoms. The van der Waals surface area contributed by atoms with Gasteiger partial charge < -0.3 is 9.16 Å². The zero-order chi connectivity index (χ0) is 8.32. The third-order valence-electron chi connectivity index (χ3n) is 2.82. The first-order valence-corrected chi connectivity index (χ1v) is 7.00. The van der Waals surface area contributed by atoms with Crippen molar-refractivity contribution in [1.82, 2.24) is 0 Å². The molecule has 2 unspecified atom stereocenters. The molecule has 3 heteroatoms. The van der Waals surface area contributed by atoms with Gasteiger partial charge in [0.2, 0.25) is 8.32 Å². The predicted molar refractivity (Wildman–Crippen MR) is 48.1 cm³/mol. The molecule has 66 valence electrons. The highest BCUT2D eigenvalue weighted by molar-refractivity contribution is 6.73. The summed E-state index contributed by atoms with van der Waals surface area (Å²) in [5, 5.41) is 0. The van der Waals surface area contributed by atoms with Crippen LogP contribution in [-0.4, -0.2) is 28.3 Å². The first-order valence-electron chi connectivity index (χ1n) is 4.31. The van der Waals surface area contributed by atoms with E-state index in [4.69, 9.17) is 9.16 Å². The Hall–Kier alpha value is 0.137. The normalized spacial score (nSPS) is 39.0. The van der Waals surface area contributed by atoms with E-state index in [2.05, 4.69) is 6.55 Å². The fourth-order valence-electron chi connectivity index (χ4n) is 1.87. The molecule has 0 spiro atoms. The maximum absolute atomic E-state index is 5.60. The molecule has 0 aromatic heterocycles. The van der Waals surface area contributed by atoms with Crippen LogP contribution in [-0.2, 0) is 9.16 Å². The third kappa shape index (κ3) is 1.83. The highest BCUT2D eigenvalue weighted by Crippen LogP contribution is 2.29. The first kappa shape index (κ1) is 9.23. The second-order valence-electron chi connectivity index (χ2n) is 3.49. The lowest BCUT2D eigenvalue weighted by Crippen LogP contribution is -2.50. The van der Waals surface area contributed by atoms with Crippen molar-refractivity contribution >= 4 is 8.32 Å². The molecule has 0 aliphatic carbocycles.